The second-order valence-electron chi connectivity index (χ2n) is 5.16. The molecule has 1 aromatic rings. The molecule has 0 heterocycles. The van der Waals surface area contributed by atoms with Crippen LogP contribution in [0.15, 0.2) is 18.2 Å². The molecule has 1 aromatic carbocycles. The Morgan fingerprint density at radius 3 is 2.68 bits per heavy atom. The Balaban J connectivity index is 2.44. The van der Waals surface area contributed by atoms with Crippen molar-refractivity contribution in [3.05, 3.63) is 28.8 Å². The molecule has 0 amide bonds. The molecule has 0 aliphatic carbocycles. The van der Waals surface area contributed by atoms with Gasteiger partial charge < -0.3 is 10.1 Å². The summed E-state index contributed by atoms with van der Waals surface area (Å²) in [7, 11) is 0. The molecule has 19 heavy (non-hydrogen) atoms. The van der Waals surface area contributed by atoms with Gasteiger partial charge in [-0.15, -0.1) is 0 Å². The SMILES string of the molecule is CCCCCCNCc1cc(Cl)ccc1OC(C)C. The van der Waals surface area contributed by atoms with Crippen LogP contribution in [0.4, 0.5) is 0 Å². The number of halogens is 1. The number of benzene rings is 1. The number of rotatable bonds is 9. The lowest BCUT2D eigenvalue weighted by atomic mass is 10.2. The largest absolute Gasteiger partial charge is 0.491 e. The zero-order valence-corrected chi connectivity index (χ0v) is 13.1. The minimum atomic E-state index is 0.185. The Hall–Kier alpha value is -0.730. The molecule has 0 fully saturated rings. The molecule has 0 bridgehead atoms. The zero-order chi connectivity index (χ0) is 14.1. The van der Waals surface area contributed by atoms with Gasteiger partial charge >= 0.3 is 0 Å². The summed E-state index contributed by atoms with van der Waals surface area (Å²) in [6, 6.07) is 5.82. The maximum Gasteiger partial charge on any atom is 0.124 e. The first-order valence-corrected chi connectivity index (χ1v) is 7.67. The monoisotopic (exact) mass is 283 g/mol. The normalized spacial score (nSPS) is 11.0. The molecule has 2 nitrogen and oxygen atoms in total. The smallest absolute Gasteiger partial charge is 0.124 e. The van der Waals surface area contributed by atoms with Gasteiger partial charge in [0.15, 0.2) is 0 Å². The molecule has 1 rings (SSSR count). The Bertz CT molecular complexity index is 366. The van der Waals surface area contributed by atoms with E-state index in [1.54, 1.807) is 0 Å². The summed E-state index contributed by atoms with van der Waals surface area (Å²) in [5, 5.41) is 4.23. The predicted molar refractivity (Wildman–Crippen MR) is 83.1 cm³/mol. The third kappa shape index (κ3) is 6.84. The first kappa shape index (κ1) is 16.3. The van der Waals surface area contributed by atoms with Crippen molar-refractivity contribution in [3.63, 3.8) is 0 Å². The van der Waals surface area contributed by atoms with Gasteiger partial charge in [0.25, 0.3) is 0 Å². The minimum absolute atomic E-state index is 0.185. The molecular weight excluding hydrogens is 258 g/mol. The summed E-state index contributed by atoms with van der Waals surface area (Å²) in [6.45, 7) is 8.17. The van der Waals surface area contributed by atoms with Crippen molar-refractivity contribution in [2.45, 2.75) is 59.1 Å². The Kier molecular flexibility index (Phi) is 7.92. The summed E-state index contributed by atoms with van der Waals surface area (Å²) in [5.41, 5.74) is 1.14. The molecule has 0 atom stereocenters. The van der Waals surface area contributed by atoms with Crippen LogP contribution in [-0.4, -0.2) is 12.6 Å². The van der Waals surface area contributed by atoms with Crippen LogP contribution >= 0.6 is 11.6 Å². The molecule has 0 saturated heterocycles. The van der Waals surface area contributed by atoms with Crippen LogP contribution in [0.3, 0.4) is 0 Å². The fraction of sp³-hybridized carbons (Fsp3) is 0.625. The molecule has 1 N–H and O–H groups in total. The van der Waals surface area contributed by atoms with Crippen LogP contribution in [0.1, 0.15) is 52.0 Å². The number of hydrogen-bond acceptors (Lipinski definition) is 2. The molecule has 0 spiro atoms. The van der Waals surface area contributed by atoms with Gasteiger partial charge in [0, 0.05) is 17.1 Å². The maximum absolute atomic E-state index is 6.05. The summed E-state index contributed by atoms with van der Waals surface area (Å²) < 4.78 is 5.80. The van der Waals surface area contributed by atoms with Crippen molar-refractivity contribution in [2.75, 3.05) is 6.54 Å². The van der Waals surface area contributed by atoms with E-state index in [0.29, 0.717) is 0 Å². The lowest BCUT2D eigenvalue weighted by Crippen LogP contribution is -2.16. The van der Waals surface area contributed by atoms with Gasteiger partial charge in [0.1, 0.15) is 5.75 Å². The van der Waals surface area contributed by atoms with E-state index in [-0.39, 0.29) is 6.10 Å². The first-order valence-electron chi connectivity index (χ1n) is 7.29. The second-order valence-corrected chi connectivity index (χ2v) is 5.59. The molecule has 0 aliphatic heterocycles. The van der Waals surface area contributed by atoms with Crippen molar-refractivity contribution >= 4 is 11.6 Å². The van der Waals surface area contributed by atoms with Gasteiger partial charge in [-0.05, 0) is 45.0 Å². The van der Waals surface area contributed by atoms with E-state index in [1.807, 2.05) is 32.0 Å². The van der Waals surface area contributed by atoms with Gasteiger partial charge in [0.05, 0.1) is 6.10 Å². The average molecular weight is 284 g/mol. The topological polar surface area (TPSA) is 21.3 Å². The van der Waals surface area contributed by atoms with Crippen molar-refractivity contribution in [2.24, 2.45) is 0 Å². The predicted octanol–water partition coefficient (Wildman–Crippen LogP) is 4.80. The van der Waals surface area contributed by atoms with Gasteiger partial charge in [-0.25, -0.2) is 0 Å². The van der Waals surface area contributed by atoms with E-state index in [4.69, 9.17) is 16.3 Å². The van der Waals surface area contributed by atoms with Crippen molar-refractivity contribution in [1.29, 1.82) is 0 Å². The van der Waals surface area contributed by atoms with E-state index in [9.17, 15) is 0 Å². The maximum atomic E-state index is 6.05. The third-order valence-electron chi connectivity index (χ3n) is 2.91. The summed E-state index contributed by atoms with van der Waals surface area (Å²) in [4.78, 5) is 0. The fourth-order valence-corrected chi connectivity index (χ4v) is 2.15. The molecule has 108 valence electrons. The fourth-order valence-electron chi connectivity index (χ4n) is 1.95. The molecular formula is C16H26ClNO. The molecule has 0 unspecified atom stereocenters. The Morgan fingerprint density at radius 2 is 2.00 bits per heavy atom. The van der Waals surface area contributed by atoms with Crippen LogP contribution in [-0.2, 0) is 6.54 Å². The van der Waals surface area contributed by atoms with Crippen LogP contribution in [0, 0.1) is 0 Å². The quantitative estimate of drug-likeness (QED) is 0.658. The Morgan fingerprint density at radius 1 is 1.21 bits per heavy atom. The highest BCUT2D eigenvalue weighted by atomic mass is 35.5. The van der Waals surface area contributed by atoms with Gasteiger partial charge in [-0.1, -0.05) is 37.8 Å². The van der Waals surface area contributed by atoms with E-state index < -0.39 is 0 Å². The van der Waals surface area contributed by atoms with E-state index in [1.165, 1.54) is 25.7 Å². The standard InChI is InChI=1S/C16H26ClNO/c1-4-5-6-7-10-18-12-14-11-15(17)8-9-16(14)19-13(2)3/h8-9,11,13,18H,4-7,10,12H2,1-3H3. The molecule has 0 aromatic heterocycles. The van der Waals surface area contributed by atoms with E-state index in [0.717, 1.165) is 29.4 Å². The van der Waals surface area contributed by atoms with Crippen LogP contribution in [0.5, 0.6) is 5.75 Å². The lowest BCUT2D eigenvalue weighted by Gasteiger charge is -2.15. The minimum Gasteiger partial charge on any atom is -0.491 e. The number of nitrogens with one attached hydrogen (secondary N) is 1. The molecule has 3 heteroatoms. The number of unbranched alkanes of at least 4 members (excludes halogenated alkanes) is 3. The molecule has 0 radical (unpaired) electrons. The van der Waals surface area contributed by atoms with Gasteiger partial charge in [-0.2, -0.15) is 0 Å². The second kappa shape index (κ2) is 9.22. The van der Waals surface area contributed by atoms with Crippen LogP contribution in [0.25, 0.3) is 0 Å². The number of hydrogen-bond donors (Lipinski definition) is 1. The zero-order valence-electron chi connectivity index (χ0n) is 12.3. The molecule has 0 saturated carbocycles. The molecule has 0 aliphatic rings. The Labute approximate surface area is 122 Å². The van der Waals surface area contributed by atoms with Gasteiger partial charge in [0.2, 0.25) is 0 Å². The average Bonchev–Trinajstić information content (AvgIpc) is 2.36. The van der Waals surface area contributed by atoms with Crippen molar-refractivity contribution in [3.8, 4) is 5.75 Å². The lowest BCUT2D eigenvalue weighted by molar-refractivity contribution is 0.239. The third-order valence-corrected chi connectivity index (χ3v) is 3.14. The highest BCUT2D eigenvalue weighted by molar-refractivity contribution is 6.30. The summed E-state index contributed by atoms with van der Waals surface area (Å²) in [5.74, 6) is 0.931. The highest BCUT2D eigenvalue weighted by Gasteiger charge is 2.06. The van der Waals surface area contributed by atoms with Crippen LogP contribution < -0.4 is 10.1 Å². The number of ether oxygens (including phenoxy) is 1. The van der Waals surface area contributed by atoms with Crippen molar-refractivity contribution < 1.29 is 4.74 Å². The van der Waals surface area contributed by atoms with E-state index >= 15 is 0 Å². The van der Waals surface area contributed by atoms with E-state index in [2.05, 4.69) is 12.2 Å². The highest BCUT2D eigenvalue weighted by Crippen LogP contribution is 2.23. The van der Waals surface area contributed by atoms with Crippen LogP contribution in [0.2, 0.25) is 5.02 Å². The first-order chi connectivity index (χ1) is 9.13. The summed E-state index contributed by atoms with van der Waals surface area (Å²) >= 11 is 6.05. The summed E-state index contributed by atoms with van der Waals surface area (Å²) in [6.07, 6.45) is 5.31. The van der Waals surface area contributed by atoms with Crippen molar-refractivity contribution in [1.82, 2.24) is 5.32 Å². The van der Waals surface area contributed by atoms with Gasteiger partial charge in [-0.3, -0.25) is 0 Å².